The summed E-state index contributed by atoms with van der Waals surface area (Å²) in [7, 11) is 0. The van der Waals surface area contributed by atoms with Gasteiger partial charge in [-0.3, -0.25) is 4.98 Å². The number of hydrogen-bond acceptors (Lipinski definition) is 4. The van der Waals surface area contributed by atoms with Crippen molar-refractivity contribution in [2.75, 3.05) is 5.73 Å². The van der Waals surface area contributed by atoms with Crippen molar-refractivity contribution in [2.45, 2.75) is 19.3 Å². The maximum absolute atomic E-state index is 12.4. The predicted molar refractivity (Wildman–Crippen MR) is 48.2 cm³/mol. The molecule has 0 saturated carbocycles. The fraction of sp³-hybridized carbons (Fsp3) is 0.375. The van der Waals surface area contributed by atoms with Crippen LogP contribution in [0.25, 0.3) is 0 Å². The van der Waals surface area contributed by atoms with Gasteiger partial charge in [-0.1, -0.05) is 0 Å². The van der Waals surface area contributed by atoms with Crippen LogP contribution in [0.1, 0.15) is 17.7 Å². The number of pyridine rings is 1. The number of ether oxygens (including phenoxy) is 1. The fourth-order valence-corrected chi connectivity index (χ4v) is 1.11. The highest BCUT2D eigenvalue weighted by atomic mass is 19.4. The first-order valence-corrected chi connectivity index (χ1v) is 4.27. The van der Waals surface area contributed by atoms with Gasteiger partial charge in [-0.15, -0.1) is 13.2 Å². The lowest BCUT2D eigenvalue weighted by molar-refractivity contribution is -0.274. The Kier molecular flexibility index (Phi) is 3.71. The maximum Gasteiger partial charge on any atom is 0.573 e. The molecule has 0 unspecified atom stereocenters. The molecule has 1 heterocycles. The van der Waals surface area contributed by atoms with Crippen molar-refractivity contribution >= 4 is 5.69 Å². The molecule has 4 N–H and O–H groups in total. The van der Waals surface area contributed by atoms with Gasteiger partial charge in [0.1, 0.15) is 0 Å². The Hall–Kier alpha value is -1.64. The van der Waals surface area contributed by atoms with Crippen molar-refractivity contribution in [2.24, 2.45) is 5.73 Å². The minimum absolute atomic E-state index is 0.145. The highest BCUT2D eigenvalue weighted by molar-refractivity contribution is 5.59. The van der Waals surface area contributed by atoms with E-state index >= 15 is 0 Å². The second-order valence-corrected chi connectivity index (χ2v) is 2.96. The molecule has 0 atom stereocenters. The molecule has 17 heavy (non-hydrogen) atoms. The largest absolute Gasteiger partial charge is 0.573 e. The molecule has 0 fully saturated rings. The smallest absolute Gasteiger partial charge is 0.403 e. The second-order valence-electron chi connectivity index (χ2n) is 2.96. The van der Waals surface area contributed by atoms with Crippen LogP contribution in [0.4, 0.5) is 27.6 Å². The van der Waals surface area contributed by atoms with Crippen LogP contribution in [-0.4, -0.2) is 11.3 Å². The zero-order chi connectivity index (χ0) is 13.2. The summed E-state index contributed by atoms with van der Waals surface area (Å²) in [6, 6.07) is 0. The van der Waals surface area contributed by atoms with Crippen molar-refractivity contribution in [3.05, 3.63) is 17.5 Å². The molecule has 0 radical (unpaired) electrons. The summed E-state index contributed by atoms with van der Waals surface area (Å²) in [5.74, 6) is -1.15. The average molecular weight is 257 g/mol. The molecule has 0 aromatic carbocycles. The topological polar surface area (TPSA) is 74.2 Å². The van der Waals surface area contributed by atoms with Gasteiger partial charge in [0.15, 0.2) is 5.75 Å². The number of rotatable bonds is 3. The van der Waals surface area contributed by atoms with E-state index in [0.29, 0.717) is 6.20 Å². The van der Waals surface area contributed by atoms with Crippen LogP contribution >= 0.6 is 0 Å². The van der Waals surface area contributed by atoms with E-state index in [4.69, 9.17) is 11.5 Å². The fourth-order valence-electron chi connectivity index (χ4n) is 1.11. The molecule has 0 bridgehead atoms. The summed E-state index contributed by atoms with van der Waals surface area (Å²) in [5, 5.41) is 0. The first kappa shape index (κ1) is 13.4. The molecule has 4 nitrogen and oxygen atoms in total. The van der Waals surface area contributed by atoms with Crippen LogP contribution < -0.4 is 16.2 Å². The molecule has 0 saturated heterocycles. The summed E-state index contributed by atoms with van der Waals surface area (Å²) in [6.07, 6.45) is -7.75. The Morgan fingerprint density at radius 2 is 1.94 bits per heavy atom. The monoisotopic (exact) mass is 257 g/mol. The van der Waals surface area contributed by atoms with Gasteiger partial charge in [-0.2, -0.15) is 0 Å². The molecule has 1 aromatic heterocycles. The third-order valence-electron chi connectivity index (χ3n) is 1.82. The predicted octanol–water partition coefficient (Wildman–Crippen LogP) is 1.96. The molecule has 0 spiro atoms. The Balaban J connectivity index is 3.30. The van der Waals surface area contributed by atoms with Crippen molar-refractivity contribution in [1.29, 1.82) is 0 Å². The van der Waals surface area contributed by atoms with Gasteiger partial charge in [0.05, 0.1) is 16.9 Å². The lowest BCUT2D eigenvalue weighted by Crippen LogP contribution is -2.20. The molecule has 1 aromatic rings. The Morgan fingerprint density at radius 3 is 2.35 bits per heavy atom. The van der Waals surface area contributed by atoms with E-state index in [0.717, 1.165) is 0 Å². The minimum atomic E-state index is -5.12. The van der Waals surface area contributed by atoms with Crippen LogP contribution in [0, 0.1) is 0 Å². The maximum atomic E-state index is 12.4. The molecular formula is C8H8F5N3O. The zero-order valence-corrected chi connectivity index (χ0v) is 8.26. The molecule has 9 heteroatoms. The van der Waals surface area contributed by atoms with E-state index in [1.54, 1.807) is 0 Å². The first-order valence-electron chi connectivity index (χ1n) is 4.27. The van der Waals surface area contributed by atoms with E-state index < -0.39 is 29.8 Å². The number of nitrogen functional groups attached to an aromatic ring is 1. The van der Waals surface area contributed by atoms with Crippen LogP contribution in [0.3, 0.4) is 0 Å². The molecule has 0 aliphatic heterocycles. The van der Waals surface area contributed by atoms with Crippen molar-refractivity contribution in [3.63, 3.8) is 0 Å². The van der Waals surface area contributed by atoms with E-state index in [2.05, 4.69) is 9.72 Å². The van der Waals surface area contributed by atoms with E-state index in [1.807, 2.05) is 0 Å². The van der Waals surface area contributed by atoms with E-state index in [1.165, 1.54) is 0 Å². The average Bonchev–Trinajstić information content (AvgIpc) is 2.18. The Morgan fingerprint density at radius 1 is 1.35 bits per heavy atom. The van der Waals surface area contributed by atoms with Crippen LogP contribution in [0.5, 0.6) is 5.75 Å². The zero-order valence-electron chi connectivity index (χ0n) is 8.26. The number of alkyl halides is 5. The molecule has 96 valence electrons. The minimum Gasteiger partial charge on any atom is -0.403 e. The lowest BCUT2D eigenvalue weighted by atomic mass is 10.2. The number of aromatic nitrogens is 1. The molecule has 1 rings (SSSR count). The first-order chi connectivity index (χ1) is 7.76. The van der Waals surface area contributed by atoms with Gasteiger partial charge in [0, 0.05) is 12.7 Å². The van der Waals surface area contributed by atoms with Gasteiger partial charge in [-0.25, -0.2) is 8.78 Å². The molecular weight excluding hydrogens is 249 g/mol. The van der Waals surface area contributed by atoms with Gasteiger partial charge in [0.2, 0.25) is 0 Å². The van der Waals surface area contributed by atoms with Crippen molar-refractivity contribution in [1.82, 2.24) is 4.98 Å². The number of hydrogen-bond donors (Lipinski definition) is 2. The van der Waals surface area contributed by atoms with Gasteiger partial charge in [-0.05, 0) is 0 Å². The van der Waals surface area contributed by atoms with Crippen LogP contribution in [0.15, 0.2) is 6.20 Å². The summed E-state index contributed by atoms with van der Waals surface area (Å²) in [5.41, 5.74) is 8.57. The third-order valence-corrected chi connectivity index (χ3v) is 1.82. The van der Waals surface area contributed by atoms with Crippen LogP contribution in [-0.2, 0) is 6.54 Å². The van der Waals surface area contributed by atoms with E-state index in [-0.39, 0.29) is 12.2 Å². The highest BCUT2D eigenvalue weighted by Gasteiger charge is 2.35. The molecule has 0 aliphatic carbocycles. The Bertz CT molecular complexity index is 407. The van der Waals surface area contributed by atoms with Gasteiger partial charge < -0.3 is 16.2 Å². The van der Waals surface area contributed by atoms with Crippen molar-refractivity contribution < 1.29 is 26.7 Å². The SMILES string of the molecule is NCc1ncc(C(F)F)c(OC(F)(F)F)c1N. The molecule has 0 aliphatic rings. The third kappa shape index (κ3) is 3.16. The van der Waals surface area contributed by atoms with E-state index in [9.17, 15) is 22.0 Å². The normalized spacial score (nSPS) is 11.9. The summed E-state index contributed by atoms with van der Waals surface area (Å²) in [4.78, 5) is 3.43. The van der Waals surface area contributed by atoms with Gasteiger partial charge >= 0.3 is 6.36 Å². The standard InChI is InChI=1S/C8H8F5N3O/c9-7(10)3-2-16-4(1-14)5(15)6(3)17-8(11,12)13/h2,7H,1,14-15H2. The lowest BCUT2D eigenvalue weighted by Gasteiger charge is -2.16. The number of anilines is 1. The van der Waals surface area contributed by atoms with Crippen LogP contribution in [0.2, 0.25) is 0 Å². The van der Waals surface area contributed by atoms with Gasteiger partial charge in [0.25, 0.3) is 6.43 Å². The summed E-state index contributed by atoms with van der Waals surface area (Å²) >= 11 is 0. The van der Waals surface area contributed by atoms with Crippen molar-refractivity contribution in [3.8, 4) is 5.75 Å². The quantitative estimate of drug-likeness (QED) is 0.812. The molecule has 0 amide bonds. The highest BCUT2D eigenvalue weighted by Crippen LogP contribution is 2.38. The number of halogens is 5. The summed E-state index contributed by atoms with van der Waals surface area (Å²) < 4.78 is 64.4. The number of nitrogens with two attached hydrogens (primary N) is 2. The second kappa shape index (κ2) is 4.70. The summed E-state index contributed by atoms with van der Waals surface area (Å²) in [6.45, 7) is -0.288. The number of nitrogens with zero attached hydrogens (tertiary/aromatic N) is 1. The Labute approximate surface area is 92.4 Å².